The first-order valence-electron chi connectivity index (χ1n) is 8.98. The number of hydrogen-bond acceptors (Lipinski definition) is 4. The molecule has 0 saturated heterocycles. The molecule has 0 aromatic heterocycles. The van der Waals surface area contributed by atoms with Crippen molar-refractivity contribution >= 4 is 12.1 Å². The van der Waals surface area contributed by atoms with Crippen molar-refractivity contribution in [1.29, 1.82) is 0 Å². The van der Waals surface area contributed by atoms with Crippen molar-refractivity contribution in [1.82, 2.24) is 10.6 Å². The van der Waals surface area contributed by atoms with Crippen molar-refractivity contribution < 1.29 is 14.3 Å². The molecule has 1 aromatic rings. The zero-order valence-electron chi connectivity index (χ0n) is 16.2. The third-order valence-electron chi connectivity index (χ3n) is 3.31. The Kier molecular flexibility index (Phi) is 9.51. The summed E-state index contributed by atoms with van der Waals surface area (Å²) in [6, 6.07) is 9.30. The largest absolute Gasteiger partial charge is 0.444 e. The van der Waals surface area contributed by atoms with Crippen molar-refractivity contribution in [2.75, 3.05) is 26.3 Å². The van der Waals surface area contributed by atoms with E-state index in [0.29, 0.717) is 32.3 Å². The molecule has 1 amide bonds. The Hall–Kier alpha value is -2.28. The second kappa shape index (κ2) is 11.4. The van der Waals surface area contributed by atoms with E-state index in [4.69, 9.17) is 15.2 Å². The number of aliphatic imine (C=N–C) groups is 1. The third kappa shape index (κ3) is 9.88. The van der Waals surface area contributed by atoms with Gasteiger partial charge in [0, 0.05) is 19.8 Å². The van der Waals surface area contributed by atoms with Gasteiger partial charge in [-0.25, -0.2) is 4.79 Å². The molecule has 7 heteroatoms. The predicted octanol–water partition coefficient (Wildman–Crippen LogP) is 2.58. The van der Waals surface area contributed by atoms with Gasteiger partial charge in [0.2, 0.25) is 0 Å². The number of carbonyl (C=O) groups is 1. The van der Waals surface area contributed by atoms with Gasteiger partial charge in [-0.3, -0.25) is 4.99 Å². The van der Waals surface area contributed by atoms with Crippen LogP contribution in [0, 0.1) is 0 Å². The minimum Gasteiger partial charge on any atom is -0.444 e. The summed E-state index contributed by atoms with van der Waals surface area (Å²) in [5.74, 6) is 0.341. The van der Waals surface area contributed by atoms with Crippen LogP contribution >= 0.6 is 0 Å². The fourth-order valence-electron chi connectivity index (χ4n) is 2.15. The number of rotatable bonds is 9. The number of hydrogen-bond donors (Lipinski definition) is 3. The molecule has 0 fully saturated rings. The number of amides is 1. The van der Waals surface area contributed by atoms with E-state index in [9.17, 15) is 4.79 Å². The van der Waals surface area contributed by atoms with Gasteiger partial charge in [-0.05, 0) is 39.7 Å². The van der Waals surface area contributed by atoms with Crippen molar-refractivity contribution in [3.05, 3.63) is 35.9 Å². The normalized spacial score (nSPS) is 13.2. The lowest BCUT2D eigenvalue weighted by atomic mass is 10.1. The van der Waals surface area contributed by atoms with Crippen LogP contribution in [-0.4, -0.2) is 44.0 Å². The molecule has 146 valence electrons. The number of benzene rings is 1. The molecular formula is C19H32N4O3. The molecule has 1 unspecified atom stereocenters. The van der Waals surface area contributed by atoms with Crippen LogP contribution in [0.2, 0.25) is 0 Å². The first-order valence-corrected chi connectivity index (χ1v) is 8.98. The molecule has 4 N–H and O–H groups in total. The Morgan fingerprint density at radius 3 is 2.58 bits per heavy atom. The van der Waals surface area contributed by atoms with Crippen LogP contribution in [0.3, 0.4) is 0 Å². The van der Waals surface area contributed by atoms with Gasteiger partial charge < -0.3 is 25.8 Å². The summed E-state index contributed by atoms with van der Waals surface area (Å²) < 4.78 is 10.6. The molecule has 0 radical (unpaired) electrons. The molecule has 0 aliphatic heterocycles. The molecule has 7 nitrogen and oxygen atoms in total. The fraction of sp³-hybridized carbons (Fsp3) is 0.579. The van der Waals surface area contributed by atoms with Crippen LogP contribution in [-0.2, 0) is 9.47 Å². The molecule has 0 aliphatic rings. The van der Waals surface area contributed by atoms with Gasteiger partial charge in [-0.2, -0.15) is 0 Å². The van der Waals surface area contributed by atoms with E-state index in [2.05, 4.69) is 15.6 Å². The Labute approximate surface area is 156 Å². The van der Waals surface area contributed by atoms with E-state index in [1.54, 1.807) is 0 Å². The summed E-state index contributed by atoms with van der Waals surface area (Å²) in [4.78, 5) is 16.5. The fourth-order valence-corrected chi connectivity index (χ4v) is 2.15. The molecule has 0 heterocycles. The predicted molar refractivity (Wildman–Crippen MR) is 104 cm³/mol. The van der Waals surface area contributed by atoms with E-state index < -0.39 is 11.7 Å². The lowest BCUT2D eigenvalue weighted by molar-refractivity contribution is 0.0505. The van der Waals surface area contributed by atoms with Crippen LogP contribution in [0.5, 0.6) is 0 Å². The highest BCUT2D eigenvalue weighted by Crippen LogP contribution is 2.15. The van der Waals surface area contributed by atoms with Crippen molar-refractivity contribution in [2.45, 2.75) is 45.8 Å². The molecule has 0 saturated carbocycles. The average molecular weight is 364 g/mol. The molecule has 1 aromatic carbocycles. The Morgan fingerprint density at radius 1 is 1.27 bits per heavy atom. The van der Waals surface area contributed by atoms with Crippen molar-refractivity contribution in [3.8, 4) is 0 Å². The second-order valence-corrected chi connectivity index (χ2v) is 6.81. The van der Waals surface area contributed by atoms with Gasteiger partial charge in [0.1, 0.15) is 5.60 Å². The quantitative estimate of drug-likeness (QED) is 0.355. The summed E-state index contributed by atoms with van der Waals surface area (Å²) in [6.07, 6.45) is 0.368. The molecule has 26 heavy (non-hydrogen) atoms. The van der Waals surface area contributed by atoms with Crippen LogP contribution in [0.25, 0.3) is 0 Å². The van der Waals surface area contributed by atoms with Crippen LogP contribution in [0.4, 0.5) is 4.79 Å². The molecule has 1 atom stereocenters. The number of nitrogens with two attached hydrogens (primary N) is 1. The highest BCUT2D eigenvalue weighted by Gasteiger charge is 2.20. The number of nitrogens with one attached hydrogen (secondary N) is 2. The monoisotopic (exact) mass is 364 g/mol. The number of guanidine groups is 1. The summed E-state index contributed by atoms with van der Waals surface area (Å²) in [6.45, 7) is 9.83. The number of ether oxygens (including phenoxy) is 2. The molecule has 0 bridgehead atoms. The zero-order valence-corrected chi connectivity index (χ0v) is 16.2. The highest BCUT2D eigenvalue weighted by molar-refractivity contribution is 5.77. The maximum Gasteiger partial charge on any atom is 0.408 e. The average Bonchev–Trinajstić information content (AvgIpc) is 2.57. The lowest BCUT2D eigenvalue weighted by Crippen LogP contribution is -2.37. The Balaban J connectivity index is 2.62. The Bertz CT molecular complexity index is 556. The Morgan fingerprint density at radius 2 is 1.96 bits per heavy atom. The minimum absolute atomic E-state index is 0.313. The molecule has 0 aliphatic carbocycles. The van der Waals surface area contributed by atoms with Crippen LogP contribution in [0.1, 0.15) is 45.7 Å². The zero-order chi connectivity index (χ0) is 19.4. The highest BCUT2D eigenvalue weighted by atomic mass is 16.6. The van der Waals surface area contributed by atoms with Gasteiger partial charge in [-0.1, -0.05) is 30.3 Å². The van der Waals surface area contributed by atoms with E-state index >= 15 is 0 Å². The van der Waals surface area contributed by atoms with Crippen molar-refractivity contribution in [3.63, 3.8) is 0 Å². The van der Waals surface area contributed by atoms with Gasteiger partial charge in [0.15, 0.2) is 5.96 Å². The summed E-state index contributed by atoms with van der Waals surface area (Å²) in [7, 11) is 0. The molecular weight excluding hydrogens is 332 g/mol. The SMILES string of the molecule is CCOCCCNC(N)=NCC(NC(=O)OC(C)(C)C)c1ccccc1. The summed E-state index contributed by atoms with van der Waals surface area (Å²) in [5.41, 5.74) is 6.28. The van der Waals surface area contributed by atoms with Gasteiger partial charge in [-0.15, -0.1) is 0 Å². The standard InChI is InChI=1S/C19H32N4O3/c1-5-25-13-9-12-21-17(20)22-14-16(15-10-7-6-8-11-15)23-18(24)26-19(2,3)4/h6-8,10-11,16H,5,9,12-14H2,1-4H3,(H,23,24)(H3,20,21,22). The van der Waals surface area contributed by atoms with Gasteiger partial charge >= 0.3 is 6.09 Å². The summed E-state index contributed by atoms with van der Waals surface area (Å²) in [5, 5.41) is 5.90. The van der Waals surface area contributed by atoms with Crippen LogP contribution in [0.15, 0.2) is 35.3 Å². The number of nitrogens with zero attached hydrogens (tertiary/aromatic N) is 1. The number of alkyl carbamates (subject to hydrolysis) is 1. The molecule has 1 rings (SSSR count). The topological polar surface area (TPSA) is 98.0 Å². The maximum absolute atomic E-state index is 12.1. The summed E-state index contributed by atoms with van der Waals surface area (Å²) >= 11 is 0. The first-order chi connectivity index (χ1) is 12.3. The van der Waals surface area contributed by atoms with E-state index in [0.717, 1.165) is 12.0 Å². The van der Waals surface area contributed by atoms with E-state index in [1.807, 2.05) is 58.0 Å². The van der Waals surface area contributed by atoms with E-state index in [1.165, 1.54) is 0 Å². The first kappa shape index (κ1) is 21.8. The van der Waals surface area contributed by atoms with Gasteiger partial charge in [0.25, 0.3) is 0 Å². The minimum atomic E-state index is -0.560. The third-order valence-corrected chi connectivity index (χ3v) is 3.31. The van der Waals surface area contributed by atoms with Crippen LogP contribution < -0.4 is 16.4 Å². The van der Waals surface area contributed by atoms with Crippen molar-refractivity contribution in [2.24, 2.45) is 10.7 Å². The second-order valence-electron chi connectivity index (χ2n) is 6.81. The lowest BCUT2D eigenvalue weighted by Gasteiger charge is -2.23. The maximum atomic E-state index is 12.1. The van der Waals surface area contributed by atoms with E-state index in [-0.39, 0.29) is 6.04 Å². The van der Waals surface area contributed by atoms with Gasteiger partial charge in [0.05, 0.1) is 12.6 Å². The smallest absolute Gasteiger partial charge is 0.408 e. The molecule has 0 spiro atoms. The number of carbonyl (C=O) groups excluding carboxylic acids is 1.